The molecule has 0 unspecified atom stereocenters. The average molecular weight is 377 g/mol. The fourth-order valence-corrected chi connectivity index (χ4v) is 3.38. The molecular formula is C20H19N5O3. The Balaban J connectivity index is 1.60. The number of aromatic nitrogens is 4. The van der Waals surface area contributed by atoms with E-state index in [-0.39, 0.29) is 17.4 Å². The lowest BCUT2D eigenvalue weighted by Gasteiger charge is -2.16. The maximum Gasteiger partial charge on any atom is 0.272 e. The van der Waals surface area contributed by atoms with Crippen LogP contribution in [0.4, 0.5) is 0 Å². The smallest absolute Gasteiger partial charge is 0.272 e. The van der Waals surface area contributed by atoms with Gasteiger partial charge in [0.25, 0.3) is 11.5 Å². The zero-order chi connectivity index (χ0) is 19.5. The van der Waals surface area contributed by atoms with Gasteiger partial charge in [-0.2, -0.15) is 0 Å². The van der Waals surface area contributed by atoms with E-state index in [1.54, 1.807) is 41.6 Å². The third-order valence-corrected chi connectivity index (χ3v) is 4.75. The summed E-state index contributed by atoms with van der Waals surface area (Å²) in [5.41, 5.74) is 1.31. The van der Waals surface area contributed by atoms with Gasteiger partial charge in [-0.15, -0.1) is 0 Å². The summed E-state index contributed by atoms with van der Waals surface area (Å²) in [6, 6.07) is 10.3. The van der Waals surface area contributed by atoms with Crippen LogP contribution >= 0.6 is 0 Å². The lowest BCUT2D eigenvalue weighted by molar-refractivity contribution is 0.0784. The van der Waals surface area contributed by atoms with Gasteiger partial charge in [0.1, 0.15) is 11.5 Å². The standard InChI is InChI=1S/C20H19N5O3/c1-28-19-14(5-4-9-22-19)16-11-17(26)24-18(23-16)13-7-10-25(12-13)20(27)15-6-2-3-8-21-15/h2-6,8-9,11,13H,7,10,12H2,1H3,(H,23,24,26)/t13-/m1/s1. The number of nitrogens with one attached hydrogen (secondary N) is 1. The van der Waals surface area contributed by atoms with Gasteiger partial charge in [-0.3, -0.25) is 14.6 Å². The molecule has 1 aliphatic rings. The van der Waals surface area contributed by atoms with Crippen LogP contribution in [0.1, 0.15) is 28.7 Å². The van der Waals surface area contributed by atoms with Gasteiger partial charge in [-0.05, 0) is 30.7 Å². The number of amides is 1. The van der Waals surface area contributed by atoms with Crippen molar-refractivity contribution in [3.63, 3.8) is 0 Å². The Morgan fingerprint density at radius 3 is 2.86 bits per heavy atom. The number of ether oxygens (including phenoxy) is 1. The Morgan fingerprint density at radius 2 is 2.07 bits per heavy atom. The van der Waals surface area contributed by atoms with E-state index in [0.717, 1.165) is 6.42 Å². The van der Waals surface area contributed by atoms with Gasteiger partial charge in [0.2, 0.25) is 5.88 Å². The monoisotopic (exact) mass is 377 g/mol. The van der Waals surface area contributed by atoms with E-state index in [4.69, 9.17) is 4.74 Å². The van der Waals surface area contributed by atoms with Crippen molar-refractivity contribution >= 4 is 5.91 Å². The van der Waals surface area contributed by atoms with Crippen molar-refractivity contribution in [3.05, 3.63) is 70.7 Å². The fourth-order valence-electron chi connectivity index (χ4n) is 3.38. The van der Waals surface area contributed by atoms with Crippen LogP contribution in [-0.2, 0) is 0 Å². The van der Waals surface area contributed by atoms with Gasteiger partial charge in [0, 0.05) is 37.5 Å². The SMILES string of the molecule is COc1ncccc1-c1cc(=O)[nH]c([C@@H]2CCN(C(=O)c3ccccn3)C2)n1. The number of likely N-dealkylation sites (tertiary alicyclic amines) is 1. The minimum Gasteiger partial charge on any atom is -0.481 e. The average Bonchev–Trinajstić information content (AvgIpc) is 3.23. The van der Waals surface area contributed by atoms with Gasteiger partial charge in [-0.1, -0.05) is 6.07 Å². The van der Waals surface area contributed by atoms with Crippen LogP contribution in [0.3, 0.4) is 0 Å². The first-order valence-electron chi connectivity index (χ1n) is 8.96. The van der Waals surface area contributed by atoms with Crippen LogP contribution in [0.2, 0.25) is 0 Å². The number of carbonyl (C=O) groups is 1. The molecule has 1 saturated heterocycles. The number of hydrogen-bond acceptors (Lipinski definition) is 6. The predicted octanol–water partition coefficient (Wildman–Crippen LogP) is 1.87. The molecule has 1 aliphatic heterocycles. The molecule has 1 fully saturated rings. The highest BCUT2D eigenvalue weighted by Gasteiger charge is 2.30. The predicted molar refractivity (Wildman–Crippen MR) is 102 cm³/mol. The number of methoxy groups -OCH3 is 1. The molecule has 4 rings (SSSR count). The van der Waals surface area contributed by atoms with E-state index in [1.165, 1.54) is 13.2 Å². The number of pyridine rings is 2. The van der Waals surface area contributed by atoms with Gasteiger partial charge in [0.05, 0.1) is 18.4 Å². The molecular weight excluding hydrogens is 358 g/mol. The molecule has 0 bridgehead atoms. The highest BCUT2D eigenvalue weighted by Crippen LogP contribution is 2.29. The zero-order valence-corrected chi connectivity index (χ0v) is 15.3. The summed E-state index contributed by atoms with van der Waals surface area (Å²) in [7, 11) is 1.53. The lowest BCUT2D eigenvalue weighted by atomic mass is 10.1. The number of hydrogen-bond donors (Lipinski definition) is 1. The van der Waals surface area contributed by atoms with E-state index < -0.39 is 0 Å². The Labute approximate surface area is 161 Å². The summed E-state index contributed by atoms with van der Waals surface area (Å²) in [6.45, 7) is 1.07. The molecule has 0 aromatic carbocycles. The quantitative estimate of drug-likeness (QED) is 0.745. The molecule has 1 atom stereocenters. The molecule has 8 heteroatoms. The minimum absolute atomic E-state index is 0.0528. The summed E-state index contributed by atoms with van der Waals surface area (Å²) in [5, 5.41) is 0. The number of H-pyrrole nitrogens is 1. The van der Waals surface area contributed by atoms with E-state index in [9.17, 15) is 9.59 Å². The fraction of sp³-hybridized carbons (Fsp3) is 0.250. The molecule has 1 N–H and O–H groups in total. The van der Waals surface area contributed by atoms with E-state index in [2.05, 4.69) is 19.9 Å². The summed E-state index contributed by atoms with van der Waals surface area (Å²) in [5.74, 6) is 0.799. The van der Waals surface area contributed by atoms with E-state index >= 15 is 0 Å². The second-order valence-corrected chi connectivity index (χ2v) is 6.53. The zero-order valence-electron chi connectivity index (χ0n) is 15.3. The van der Waals surface area contributed by atoms with E-state index in [0.29, 0.717) is 41.7 Å². The summed E-state index contributed by atoms with van der Waals surface area (Å²) < 4.78 is 5.28. The van der Waals surface area contributed by atoms with E-state index in [1.807, 2.05) is 6.07 Å². The number of carbonyl (C=O) groups excluding carboxylic acids is 1. The molecule has 3 aromatic rings. The van der Waals surface area contributed by atoms with Crippen molar-refractivity contribution in [2.75, 3.05) is 20.2 Å². The third-order valence-electron chi connectivity index (χ3n) is 4.75. The lowest BCUT2D eigenvalue weighted by Crippen LogP contribution is -2.29. The van der Waals surface area contributed by atoms with Crippen molar-refractivity contribution in [1.82, 2.24) is 24.8 Å². The number of rotatable bonds is 4. The molecule has 0 spiro atoms. The molecule has 8 nitrogen and oxygen atoms in total. The highest BCUT2D eigenvalue weighted by molar-refractivity contribution is 5.92. The van der Waals surface area contributed by atoms with Crippen LogP contribution in [0.15, 0.2) is 53.6 Å². The molecule has 0 aliphatic carbocycles. The van der Waals surface area contributed by atoms with Crippen LogP contribution in [0.25, 0.3) is 11.3 Å². The first kappa shape index (κ1) is 17.8. The Kier molecular flexibility index (Phi) is 4.84. The van der Waals surface area contributed by atoms with Gasteiger partial charge in [-0.25, -0.2) is 9.97 Å². The van der Waals surface area contributed by atoms with Crippen LogP contribution in [-0.4, -0.2) is 50.9 Å². The minimum atomic E-state index is -0.250. The molecule has 142 valence electrons. The van der Waals surface area contributed by atoms with Crippen molar-refractivity contribution in [2.45, 2.75) is 12.3 Å². The second kappa shape index (κ2) is 7.59. The Bertz CT molecular complexity index is 1050. The maximum absolute atomic E-state index is 12.6. The highest BCUT2D eigenvalue weighted by atomic mass is 16.5. The third kappa shape index (κ3) is 3.48. The maximum atomic E-state index is 12.6. The molecule has 3 aromatic heterocycles. The molecule has 0 saturated carbocycles. The number of nitrogens with zero attached hydrogens (tertiary/aromatic N) is 4. The largest absolute Gasteiger partial charge is 0.481 e. The summed E-state index contributed by atoms with van der Waals surface area (Å²) >= 11 is 0. The topological polar surface area (TPSA) is 101 Å². The summed E-state index contributed by atoms with van der Waals surface area (Å²) in [4.78, 5) is 42.3. The first-order chi connectivity index (χ1) is 13.7. The van der Waals surface area contributed by atoms with Crippen LogP contribution in [0, 0.1) is 0 Å². The molecule has 0 radical (unpaired) electrons. The van der Waals surface area contributed by atoms with Crippen molar-refractivity contribution in [1.29, 1.82) is 0 Å². The molecule has 4 heterocycles. The summed E-state index contributed by atoms with van der Waals surface area (Å²) in [6.07, 6.45) is 3.94. The van der Waals surface area contributed by atoms with Crippen LogP contribution < -0.4 is 10.3 Å². The second-order valence-electron chi connectivity index (χ2n) is 6.53. The Morgan fingerprint density at radius 1 is 1.21 bits per heavy atom. The molecule has 28 heavy (non-hydrogen) atoms. The van der Waals surface area contributed by atoms with Gasteiger partial charge >= 0.3 is 0 Å². The number of aromatic amines is 1. The Hall–Kier alpha value is -3.55. The molecule has 1 amide bonds. The first-order valence-corrected chi connectivity index (χ1v) is 8.96. The van der Waals surface area contributed by atoms with Crippen LogP contribution in [0.5, 0.6) is 5.88 Å². The van der Waals surface area contributed by atoms with Crippen molar-refractivity contribution < 1.29 is 9.53 Å². The van der Waals surface area contributed by atoms with Crippen molar-refractivity contribution in [3.8, 4) is 17.1 Å². The van der Waals surface area contributed by atoms with Gasteiger partial charge in [0.15, 0.2) is 0 Å². The normalized spacial score (nSPS) is 16.2. The van der Waals surface area contributed by atoms with Gasteiger partial charge < -0.3 is 14.6 Å². The van der Waals surface area contributed by atoms with Crippen molar-refractivity contribution in [2.24, 2.45) is 0 Å².